The normalized spacial score (nSPS) is 19.5. The van der Waals surface area contributed by atoms with E-state index in [0.717, 1.165) is 12.5 Å². The first-order chi connectivity index (χ1) is 7.72. The molecule has 1 aliphatic heterocycles. The fraction of sp³-hybridized carbons (Fsp3) is 1.00. The first-order valence-corrected chi connectivity index (χ1v) is 7.94. The monoisotopic (exact) mass is 245 g/mol. The van der Waals surface area contributed by atoms with Crippen molar-refractivity contribution in [1.29, 1.82) is 0 Å². The van der Waals surface area contributed by atoms with Gasteiger partial charge in [0.1, 0.15) is 0 Å². The summed E-state index contributed by atoms with van der Waals surface area (Å²) in [6.07, 6.45) is 6.35. The molecule has 1 aliphatic rings. The Morgan fingerprint density at radius 1 is 1.31 bits per heavy atom. The molecule has 0 N–H and O–H groups in total. The molecule has 2 nitrogen and oxygen atoms in total. The zero-order valence-corrected chi connectivity index (χ0v) is 11.9. The van der Waals surface area contributed by atoms with Crippen LogP contribution in [0.15, 0.2) is 0 Å². The number of likely N-dealkylation sites (tertiary alicyclic amines) is 1. The zero-order valence-electron chi connectivity index (χ0n) is 11.1. The van der Waals surface area contributed by atoms with Crippen molar-refractivity contribution in [2.75, 3.05) is 38.2 Å². The van der Waals surface area contributed by atoms with Crippen LogP contribution in [0.1, 0.15) is 33.1 Å². The Labute approximate surface area is 105 Å². The molecule has 16 heavy (non-hydrogen) atoms. The molecule has 0 aromatic heterocycles. The van der Waals surface area contributed by atoms with Crippen molar-refractivity contribution >= 4 is 11.8 Å². The fourth-order valence-corrected chi connectivity index (χ4v) is 2.63. The number of ether oxygens (including phenoxy) is 1. The highest BCUT2D eigenvalue weighted by Gasteiger charge is 2.19. The molecule has 0 amide bonds. The highest BCUT2D eigenvalue weighted by atomic mass is 32.2. The van der Waals surface area contributed by atoms with Gasteiger partial charge in [-0.3, -0.25) is 0 Å². The molecule has 0 saturated carbocycles. The van der Waals surface area contributed by atoms with Gasteiger partial charge in [0.2, 0.25) is 0 Å². The first kappa shape index (κ1) is 14.3. The van der Waals surface area contributed by atoms with Gasteiger partial charge in [-0.25, -0.2) is 0 Å². The molecule has 1 heterocycles. The van der Waals surface area contributed by atoms with Crippen LogP contribution in [0.3, 0.4) is 0 Å². The molecule has 0 bridgehead atoms. The lowest BCUT2D eigenvalue weighted by Crippen LogP contribution is -2.39. The fourth-order valence-electron chi connectivity index (χ4n) is 2.23. The Morgan fingerprint density at radius 3 is 2.56 bits per heavy atom. The Balaban J connectivity index is 2.03. The molecule has 0 atom stereocenters. The molecule has 0 aromatic rings. The summed E-state index contributed by atoms with van der Waals surface area (Å²) < 4.78 is 5.90. The smallest absolute Gasteiger partial charge is 0.0599 e. The molecule has 0 aliphatic carbocycles. The highest BCUT2D eigenvalue weighted by molar-refractivity contribution is 7.98. The largest absolute Gasteiger partial charge is 0.378 e. The summed E-state index contributed by atoms with van der Waals surface area (Å²) >= 11 is 1.91. The maximum Gasteiger partial charge on any atom is 0.0599 e. The third-order valence-corrected chi connectivity index (χ3v) is 3.70. The predicted octanol–water partition coefficient (Wildman–Crippen LogP) is 2.88. The SMILES string of the molecule is CSCCCOC1CCN(CC(C)C)CC1. The summed E-state index contributed by atoms with van der Waals surface area (Å²) in [7, 11) is 0. The lowest BCUT2D eigenvalue weighted by Gasteiger charge is -2.32. The first-order valence-electron chi connectivity index (χ1n) is 6.55. The molecule has 96 valence electrons. The number of rotatable bonds is 7. The quantitative estimate of drug-likeness (QED) is 0.640. The van der Waals surface area contributed by atoms with Gasteiger partial charge in [0.05, 0.1) is 6.10 Å². The molecule has 0 spiro atoms. The molecule has 0 unspecified atom stereocenters. The molecule has 0 radical (unpaired) electrons. The summed E-state index contributed by atoms with van der Waals surface area (Å²) in [5, 5.41) is 0. The van der Waals surface area contributed by atoms with Gasteiger partial charge in [-0.2, -0.15) is 11.8 Å². The molecule has 0 aromatic carbocycles. The second kappa shape index (κ2) is 8.37. The van der Waals surface area contributed by atoms with Crippen LogP contribution < -0.4 is 0 Å². The van der Waals surface area contributed by atoms with Gasteiger partial charge in [-0.1, -0.05) is 13.8 Å². The van der Waals surface area contributed by atoms with E-state index in [4.69, 9.17) is 4.74 Å². The summed E-state index contributed by atoms with van der Waals surface area (Å²) in [4.78, 5) is 2.58. The van der Waals surface area contributed by atoms with Crippen molar-refractivity contribution in [1.82, 2.24) is 4.90 Å². The summed E-state index contributed by atoms with van der Waals surface area (Å²) in [6, 6.07) is 0. The van der Waals surface area contributed by atoms with Gasteiger partial charge in [0.15, 0.2) is 0 Å². The number of hydrogen-bond donors (Lipinski definition) is 0. The van der Waals surface area contributed by atoms with Crippen LogP contribution in [0.4, 0.5) is 0 Å². The van der Waals surface area contributed by atoms with Gasteiger partial charge in [-0.05, 0) is 37.2 Å². The van der Waals surface area contributed by atoms with Crippen LogP contribution in [-0.2, 0) is 4.74 Å². The minimum Gasteiger partial charge on any atom is -0.378 e. The molecule has 3 heteroatoms. The van der Waals surface area contributed by atoms with Crippen LogP contribution in [-0.4, -0.2) is 49.3 Å². The van der Waals surface area contributed by atoms with E-state index in [1.54, 1.807) is 0 Å². The maximum atomic E-state index is 5.90. The Hall–Kier alpha value is 0.270. The molecule has 1 saturated heterocycles. The Bertz CT molecular complexity index is 167. The van der Waals surface area contributed by atoms with Crippen molar-refractivity contribution in [3.8, 4) is 0 Å². The lowest BCUT2D eigenvalue weighted by atomic mass is 10.1. The van der Waals surface area contributed by atoms with Gasteiger partial charge in [0, 0.05) is 26.2 Å². The second-order valence-electron chi connectivity index (χ2n) is 5.11. The van der Waals surface area contributed by atoms with Crippen molar-refractivity contribution in [3.63, 3.8) is 0 Å². The number of thioether (sulfide) groups is 1. The van der Waals surface area contributed by atoms with Gasteiger partial charge in [-0.15, -0.1) is 0 Å². The summed E-state index contributed by atoms with van der Waals surface area (Å²) in [6.45, 7) is 9.25. The van der Waals surface area contributed by atoms with Crippen LogP contribution in [0.5, 0.6) is 0 Å². The van der Waals surface area contributed by atoms with E-state index in [-0.39, 0.29) is 0 Å². The topological polar surface area (TPSA) is 12.5 Å². The van der Waals surface area contributed by atoms with E-state index in [1.807, 2.05) is 11.8 Å². The van der Waals surface area contributed by atoms with Crippen LogP contribution in [0.25, 0.3) is 0 Å². The maximum absolute atomic E-state index is 5.90. The van der Waals surface area contributed by atoms with Crippen LogP contribution >= 0.6 is 11.8 Å². The van der Waals surface area contributed by atoms with Crippen LogP contribution in [0, 0.1) is 5.92 Å². The number of piperidine rings is 1. The van der Waals surface area contributed by atoms with Crippen molar-refractivity contribution < 1.29 is 4.74 Å². The van der Waals surface area contributed by atoms with Gasteiger partial charge >= 0.3 is 0 Å². The highest BCUT2D eigenvalue weighted by Crippen LogP contribution is 2.15. The van der Waals surface area contributed by atoms with Crippen molar-refractivity contribution in [2.45, 2.75) is 39.2 Å². The standard InChI is InChI=1S/C13H27NOS/c1-12(2)11-14-7-5-13(6-8-14)15-9-4-10-16-3/h12-13H,4-11H2,1-3H3. The van der Waals surface area contributed by atoms with E-state index >= 15 is 0 Å². The van der Waals surface area contributed by atoms with Crippen LogP contribution in [0.2, 0.25) is 0 Å². The summed E-state index contributed by atoms with van der Waals surface area (Å²) in [5.41, 5.74) is 0. The molecular formula is C13H27NOS. The van der Waals surface area contributed by atoms with E-state index in [0.29, 0.717) is 6.10 Å². The number of hydrogen-bond acceptors (Lipinski definition) is 3. The summed E-state index contributed by atoms with van der Waals surface area (Å²) in [5.74, 6) is 2.02. The molecule has 1 fully saturated rings. The Kier molecular flexibility index (Phi) is 7.50. The second-order valence-corrected chi connectivity index (χ2v) is 6.10. The Morgan fingerprint density at radius 2 is 2.00 bits per heavy atom. The predicted molar refractivity (Wildman–Crippen MR) is 73.3 cm³/mol. The lowest BCUT2D eigenvalue weighted by molar-refractivity contribution is 0.00618. The molecular weight excluding hydrogens is 218 g/mol. The van der Waals surface area contributed by atoms with E-state index < -0.39 is 0 Å². The van der Waals surface area contributed by atoms with Gasteiger partial charge < -0.3 is 9.64 Å². The molecule has 1 rings (SSSR count). The van der Waals surface area contributed by atoms with Crippen molar-refractivity contribution in [2.24, 2.45) is 5.92 Å². The average Bonchev–Trinajstić information content (AvgIpc) is 2.26. The number of nitrogens with zero attached hydrogens (tertiary/aromatic N) is 1. The third kappa shape index (κ3) is 6.12. The average molecular weight is 245 g/mol. The van der Waals surface area contributed by atoms with Crippen molar-refractivity contribution in [3.05, 3.63) is 0 Å². The minimum absolute atomic E-state index is 0.533. The van der Waals surface area contributed by atoms with E-state index in [2.05, 4.69) is 25.0 Å². The van der Waals surface area contributed by atoms with Gasteiger partial charge in [0.25, 0.3) is 0 Å². The zero-order chi connectivity index (χ0) is 11.8. The minimum atomic E-state index is 0.533. The van der Waals surface area contributed by atoms with E-state index in [1.165, 1.54) is 44.6 Å². The van der Waals surface area contributed by atoms with E-state index in [9.17, 15) is 0 Å². The third-order valence-electron chi connectivity index (χ3n) is 3.00.